The third-order valence-electron chi connectivity index (χ3n) is 9.82. The molecule has 55 heavy (non-hydrogen) atoms. The van der Waals surface area contributed by atoms with Crippen molar-refractivity contribution < 1.29 is 48.6 Å². The van der Waals surface area contributed by atoms with E-state index in [0.717, 1.165) is 10.5 Å². The summed E-state index contributed by atoms with van der Waals surface area (Å²) in [6.45, 7) is 14.5. The van der Waals surface area contributed by atoms with E-state index in [0.29, 0.717) is 12.0 Å². The summed E-state index contributed by atoms with van der Waals surface area (Å²) < 4.78 is 0. The Bertz CT molecular complexity index is 1670. The number of nitrogens with one attached hydrogen (secondary N) is 3. The zero-order valence-electron chi connectivity index (χ0n) is 33.5. The topological polar surface area (TPSA) is 220 Å². The second-order valence-electron chi connectivity index (χ2n) is 15.8. The number of Topliss-reactive ketones (excluding diaryl/α,β-unsaturated/α-hetero) is 1. The predicted octanol–water partition coefficient (Wildman–Crippen LogP) is 2.83. The Labute approximate surface area is 323 Å². The quantitative estimate of drug-likeness (QED) is 0.0738. The van der Waals surface area contributed by atoms with E-state index in [1.165, 1.54) is 24.0 Å². The lowest BCUT2D eigenvalue weighted by Crippen LogP contribution is -2.61. The van der Waals surface area contributed by atoms with E-state index in [-0.39, 0.29) is 36.7 Å². The van der Waals surface area contributed by atoms with Gasteiger partial charge in [-0.1, -0.05) is 78.8 Å². The first-order chi connectivity index (χ1) is 25.4. The minimum absolute atomic E-state index is 0.133. The van der Waals surface area contributed by atoms with E-state index in [1.807, 2.05) is 48.5 Å². The van der Waals surface area contributed by atoms with Crippen LogP contribution < -0.4 is 16.0 Å². The summed E-state index contributed by atoms with van der Waals surface area (Å²) in [6.07, 6.45) is 3.67. The van der Waals surface area contributed by atoms with Crippen molar-refractivity contribution in [2.45, 2.75) is 111 Å². The second kappa shape index (κ2) is 19.4. The molecule has 1 heterocycles. The molecule has 0 aromatic heterocycles. The van der Waals surface area contributed by atoms with Crippen molar-refractivity contribution in [3.63, 3.8) is 0 Å². The Morgan fingerprint density at radius 1 is 0.873 bits per heavy atom. The lowest BCUT2D eigenvalue weighted by molar-refractivity contribution is -0.142. The fourth-order valence-electron chi connectivity index (χ4n) is 6.37. The Morgan fingerprint density at radius 2 is 1.44 bits per heavy atom. The van der Waals surface area contributed by atoms with Crippen LogP contribution in [0.25, 0.3) is 0 Å². The molecule has 0 spiro atoms. The number of carboxylic acids is 2. The average molecular weight is 768 g/mol. The number of benzene rings is 1. The van der Waals surface area contributed by atoms with Gasteiger partial charge in [0.25, 0.3) is 11.8 Å². The highest BCUT2D eigenvalue weighted by Crippen LogP contribution is 2.30. The van der Waals surface area contributed by atoms with Crippen LogP contribution in [-0.4, -0.2) is 112 Å². The number of amides is 5. The van der Waals surface area contributed by atoms with E-state index in [4.69, 9.17) is 5.11 Å². The molecule has 0 aliphatic carbocycles. The Morgan fingerprint density at radius 3 is 1.91 bits per heavy atom. The highest BCUT2D eigenvalue weighted by Gasteiger charge is 2.42. The van der Waals surface area contributed by atoms with Crippen LogP contribution in [0.15, 0.2) is 48.1 Å². The van der Waals surface area contributed by atoms with Gasteiger partial charge in [-0.3, -0.25) is 38.5 Å². The SMILES string of the molecule is CNC(C(=O)N[C@H](C(=O)N(C)[C@H](/C=C(\C)C(=O)N[C@H](CCC(=O)O)C(=O)O)C(C)C)C(C)(C)C)C(C)(C)c1ccc(C(=O)CCCN2C(=O)C=CC2=O)cc1. The van der Waals surface area contributed by atoms with Crippen molar-refractivity contribution in [2.75, 3.05) is 20.6 Å². The lowest BCUT2D eigenvalue weighted by atomic mass is 9.76. The summed E-state index contributed by atoms with van der Waals surface area (Å²) in [5.74, 6) is -5.28. The minimum Gasteiger partial charge on any atom is -0.481 e. The van der Waals surface area contributed by atoms with Gasteiger partial charge in [-0.2, -0.15) is 0 Å². The maximum absolute atomic E-state index is 14.2. The molecule has 1 aromatic carbocycles. The first-order valence-electron chi connectivity index (χ1n) is 18.3. The molecular formula is C40H57N5O10. The van der Waals surface area contributed by atoms with Crippen molar-refractivity contribution >= 4 is 47.3 Å². The molecule has 0 saturated heterocycles. The van der Waals surface area contributed by atoms with Gasteiger partial charge in [-0.15, -0.1) is 0 Å². The molecule has 1 aliphatic heterocycles. The standard InChI is InChI=1S/C40H57N5O10/c1-23(2)28(22-24(3)35(51)42-27(38(54)55)17-20-32(49)50)44(10)37(53)34(39(4,5)6)43-36(52)33(41-9)40(7,8)26-15-13-25(14-16-26)29(46)12-11-21-45-30(47)18-19-31(45)48/h13-16,18-19,22-23,27-28,33-34,41H,11-12,17,20-21H2,1-10H3,(H,42,51)(H,43,52)(H,49,50)(H,54,55)/b24-22+/t27-,28-,33?,34-/m1/s1. The van der Waals surface area contributed by atoms with Crippen LogP contribution in [0.3, 0.4) is 0 Å². The number of hydrogen-bond donors (Lipinski definition) is 5. The zero-order chi connectivity index (χ0) is 42.0. The van der Waals surface area contributed by atoms with Gasteiger partial charge in [0.15, 0.2) is 5.78 Å². The van der Waals surface area contributed by atoms with Crippen molar-refractivity contribution in [1.29, 1.82) is 0 Å². The first-order valence-corrected chi connectivity index (χ1v) is 18.3. The van der Waals surface area contributed by atoms with Gasteiger partial charge in [-0.05, 0) is 43.7 Å². The second-order valence-corrected chi connectivity index (χ2v) is 15.8. The van der Waals surface area contributed by atoms with Crippen LogP contribution in [0.1, 0.15) is 97.0 Å². The van der Waals surface area contributed by atoms with Crippen molar-refractivity contribution in [3.8, 4) is 0 Å². The number of carbonyl (C=O) groups is 8. The summed E-state index contributed by atoms with van der Waals surface area (Å²) >= 11 is 0. The monoisotopic (exact) mass is 767 g/mol. The van der Waals surface area contributed by atoms with Gasteiger partial charge in [-0.25, -0.2) is 4.79 Å². The van der Waals surface area contributed by atoms with Gasteiger partial charge in [0.05, 0.1) is 12.1 Å². The molecule has 4 atom stereocenters. The first kappa shape index (κ1) is 46.0. The number of nitrogens with zero attached hydrogens (tertiary/aromatic N) is 2. The largest absolute Gasteiger partial charge is 0.481 e. The van der Waals surface area contributed by atoms with E-state index < -0.39 is 82.9 Å². The van der Waals surface area contributed by atoms with Gasteiger partial charge >= 0.3 is 11.9 Å². The van der Waals surface area contributed by atoms with Crippen LogP contribution in [0.5, 0.6) is 0 Å². The van der Waals surface area contributed by atoms with Crippen molar-refractivity contribution in [2.24, 2.45) is 11.3 Å². The molecule has 0 fully saturated rings. The molecule has 2 rings (SSSR count). The summed E-state index contributed by atoms with van der Waals surface area (Å²) in [5.41, 5.74) is -0.250. The Kier molecular flexibility index (Phi) is 16.2. The molecule has 1 aliphatic rings. The van der Waals surface area contributed by atoms with E-state index in [1.54, 1.807) is 44.4 Å². The molecule has 15 nitrogen and oxygen atoms in total. The van der Waals surface area contributed by atoms with Crippen molar-refractivity contribution in [1.82, 2.24) is 25.8 Å². The zero-order valence-corrected chi connectivity index (χ0v) is 33.5. The summed E-state index contributed by atoms with van der Waals surface area (Å²) in [4.78, 5) is 103. The molecule has 15 heteroatoms. The van der Waals surface area contributed by atoms with Crippen LogP contribution in [0.2, 0.25) is 0 Å². The summed E-state index contributed by atoms with van der Waals surface area (Å²) in [7, 11) is 3.21. The highest BCUT2D eigenvalue weighted by atomic mass is 16.4. The smallest absolute Gasteiger partial charge is 0.326 e. The summed E-state index contributed by atoms with van der Waals surface area (Å²) in [6, 6.07) is 3.01. The molecule has 302 valence electrons. The molecule has 1 unspecified atom stereocenters. The Hall–Kier alpha value is -5.18. The number of likely N-dealkylation sites (N-methyl/N-ethyl adjacent to an activating group) is 2. The van der Waals surface area contributed by atoms with Gasteiger partial charge in [0.2, 0.25) is 17.7 Å². The van der Waals surface area contributed by atoms with E-state index in [9.17, 15) is 43.5 Å². The highest BCUT2D eigenvalue weighted by molar-refractivity contribution is 6.12. The molecule has 0 bridgehead atoms. The van der Waals surface area contributed by atoms with Crippen LogP contribution in [-0.2, 0) is 39.0 Å². The number of imide groups is 1. The predicted molar refractivity (Wildman–Crippen MR) is 205 cm³/mol. The molecule has 1 aromatic rings. The lowest BCUT2D eigenvalue weighted by Gasteiger charge is -2.40. The van der Waals surface area contributed by atoms with Crippen molar-refractivity contribution in [3.05, 3.63) is 59.2 Å². The average Bonchev–Trinajstić information content (AvgIpc) is 3.42. The number of rotatable bonds is 20. The minimum atomic E-state index is -1.41. The van der Waals surface area contributed by atoms with Crippen LogP contribution in [0, 0.1) is 11.3 Å². The maximum Gasteiger partial charge on any atom is 0.326 e. The van der Waals surface area contributed by atoms with Crippen LogP contribution in [0.4, 0.5) is 0 Å². The third kappa shape index (κ3) is 12.4. The number of carboxylic acid groups (broad SMARTS) is 2. The van der Waals surface area contributed by atoms with Gasteiger partial charge < -0.3 is 31.1 Å². The number of hydrogen-bond acceptors (Lipinski definition) is 9. The van der Waals surface area contributed by atoms with E-state index >= 15 is 0 Å². The fraction of sp³-hybridized carbons (Fsp3) is 0.550. The van der Waals surface area contributed by atoms with Gasteiger partial charge in [0, 0.05) is 55.1 Å². The third-order valence-corrected chi connectivity index (χ3v) is 9.82. The number of carbonyl (C=O) groups excluding carboxylic acids is 6. The van der Waals surface area contributed by atoms with E-state index in [2.05, 4.69) is 16.0 Å². The van der Waals surface area contributed by atoms with Gasteiger partial charge in [0.1, 0.15) is 12.1 Å². The Balaban J connectivity index is 2.23. The molecular weight excluding hydrogens is 710 g/mol. The molecule has 5 amide bonds. The van der Waals surface area contributed by atoms with Crippen LogP contribution >= 0.6 is 0 Å². The normalized spacial score (nSPS) is 15.7. The molecule has 5 N–H and O–H groups in total. The molecule has 0 saturated carbocycles. The summed E-state index contributed by atoms with van der Waals surface area (Å²) in [5, 5.41) is 26.8. The number of aliphatic carboxylic acids is 2. The number of ketones is 1. The maximum atomic E-state index is 14.2. The molecule has 0 radical (unpaired) electrons. The fourth-order valence-corrected chi connectivity index (χ4v) is 6.37.